The van der Waals surface area contributed by atoms with E-state index in [1.807, 2.05) is 0 Å². The van der Waals surface area contributed by atoms with Crippen LogP contribution >= 0.6 is 0 Å². The van der Waals surface area contributed by atoms with Gasteiger partial charge in [-0.3, -0.25) is 0 Å². The zero-order valence-corrected chi connectivity index (χ0v) is 5.94. The van der Waals surface area contributed by atoms with Gasteiger partial charge < -0.3 is 5.21 Å². The van der Waals surface area contributed by atoms with Crippen LogP contribution in [0.4, 0.5) is 13.2 Å². The van der Waals surface area contributed by atoms with E-state index in [1.165, 1.54) is 0 Å². The lowest BCUT2D eigenvalue weighted by Gasteiger charge is -2.01. The van der Waals surface area contributed by atoms with Crippen LogP contribution in [-0.2, 0) is 6.54 Å². The summed E-state index contributed by atoms with van der Waals surface area (Å²) in [6.07, 6.45) is 0. The molecule has 0 heterocycles. The first-order valence-electron chi connectivity index (χ1n) is 3.15. The molecule has 0 unspecified atom stereocenters. The minimum atomic E-state index is -1.24. The van der Waals surface area contributed by atoms with Gasteiger partial charge in [0.1, 0.15) is 5.82 Å². The SMILES string of the molecule is ONCc1cc(F)c(F)cc1F. The molecule has 1 aromatic rings. The van der Waals surface area contributed by atoms with Gasteiger partial charge in [-0.1, -0.05) is 0 Å². The van der Waals surface area contributed by atoms with Gasteiger partial charge in [-0.15, -0.1) is 0 Å². The van der Waals surface area contributed by atoms with E-state index >= 15 is 0 Å². The van der Waals surface area contributed by atoms with Crippen LogP contribution in [0.25, 0.3) is 0 Å². The average molecular weight is 177 g/mol. The first-order valence-corrected chi connectivity index (χ1v) is 3.15. The second-order valence-corrected chi connectivity index (χ2v) is 2.19. The number of halogens is 3. The van der Waals surface area contributed by atoms with Gasteiger partial charge >= 0.3 is 0 Å². The van der Waals surface area contributed by atoms with Crippen LogP contribution in [0.15, 0.2) is 12.1 Å². The van der Waals surface area contributed by atoms with E-state index in [9.17, 15) is 13.2 Å². The monoisotopic (exact) mass is 177 g/mol. The lowest BCUT2D eigenvalue weighted by atomic mass is 10.2. The van der Waals surface area contributed by atoms with E-state index in [0.29, 0.717) is 12.1 Å². The van der Waals surface area contributed by atoms with Crippen LogP contribution in [0.5, 0.6) is 0 Å². The summed E-state index contributed by atoms with van der Waals surface area (Å²) in [6.45, 7) is -0.261. The van der Waals surface area contributed by atoms with Crippen LogP contribution in [0.2, 0.25) is 0 Å². The van der Waals surface area contributed by atoms with E-state index in [4.69, 9.17) is 5.21 Å². The fourth-order valence-electron chi connectivity index (χ4n) is 0.784. The van der Waals surface area contributed by atoms with Crippen molar-refractivity contribution < 1.29 is 18.4 Å². The van der Waals surface area contributed by atoms with Crippen molar-refractivity contribution in [2.45, 2.75) is 6.54 Å². The van der Waals surface area contributed by atoms with Crippen molar-refractivity contribution in [3.63, 3.8) is 0 Å². The molecule has 0 aliphatic carbocycles. The third kappa shape index (κ3) is 1.75. The molecule has 5 heteroatoms. The van der Waals surface area contributed by atoms with Crippen molar-refractivity contribution in [3.8, 4) is 0 Å². The Kier molecular flexibility index (Phi) is 2.67. The molecule has 0 spiro atoms. The van der Waals surface area contributed by atoms with Gasteiger partial charge in [0.15, 0.2) is 11.6 Å². The predicted octanol–water partition coefficient (Wildman–Crippen LogP) is 1.58. The van der Waals surface area contributed by atoms with Crippen molar-refractivity contribution in [2.75, 3.05) is 0 Å². The van der Waals surface area contributed by atoms with Crippen LogP contribution in [0.1, 0.15) is 5.56 Å². The van der Waals surface area contributed by atoms with E-state index in [2.05, 4.69) is 0 Å². The van der Waals surface area contributed by atoms with Gasteiger partial charge in [0.2, 0.25) is 0 Å². The molecule has 12 heavy (non-hydrogen) atoms. The normalized spacial score (nSPS) is 10.3. The Morgan fingerprint density at radius 2 is 1.67 bits per heavy atom. The highest BCUT2D eigenvalue weighted by atomic mass is 19.2. The lowest BCUT2D eigenvalue weighted by Crippen LogP contribution is -2.08. The van der Waals surface area contributed by atoms with Gasteiger partial charge in [-0.25, -0.2) is 18.7 Å². The molecule has 0 aliphatic rings. The third-order valence-electron chi connectivity index (χ3n) is 1.36. The fourth-order valence-corrected chi connectivity index (χ4v) is 0.784. The summed E-state index contributed by atoms with van der Waals surface area (Å²) in [5, 5.41) is 8.17. The molecule has 0 aliphatic heterocycles. The van der Waals surface area contributed by atoms with Gasteiger partial charge in [0, 0.05) is 18.2 Å². The summed E-state index contributed by atoms with van der Waals surface area (Å²) in [7, 11) is 0. The lowest BCUT2D eigenvalue weighted by molar-refractivity contribution is 0.159. The van der Waals surface area contributed by atoms with Gasteiger partial charge in [-0.2, -0.15) is 0 Å². The zero-order valence-electron chi connectivity index (χ0n) is 5.94. The topological polar surface area (TPSA) is 32.3 Å². The van der Waals surface area contributed by atoms with Gasteiger partial charge in [0.25, 0.3) is 0 Å². The first kappa shape index (κ1) is 9.02. The smallest absolute Gasteiger partial charge is 0.161 e. The van der Waals surface area contributed by atoms with Crippen LogP contribution < -0.4 is 5.48 Å². The maximum atomic E-state index is 12.7. The molecule has 0 saturated heterocycles. The zero-order chi connectivity index (χ0) is 9.14. The highest BCUT2D eigenvalue weighted by Gasteiger charge is 2.08. The Bertz CT molecular complexity index is 290. The van der Waals surface area contributed by atoms with Crippen molar-refractivity contribution in [2.24, 2.45) is 0 Å². The summed E-state index contributed by atoms with van der Waals surface area (Å²) in [5.41, 5.74) is 1.51. The second-order valence-electron chi connectivity index (χ2n) is 2.19. The molecule has 2 N–H and O–H groups in total. The third-order valence-corrected chi connectivity index (χ3v) is 1.36. The van der Waals surface area contributed by atoms with E-state index in [0.717, 1.165) is 0 Å². The Hall–Kier alpha value is -1.07. The molecule has 0 radical (unpaired) electrons. The van der Waals surface area contributed by atoms with Gasteiger partial charge in [-0.05, 0) is 6.07 Å². The minimum Gasteiger partial charge on any atom is -0.316 e. The molecule has 2 nitrogen and oxygen atoms in total. The molecular formula is C7H6F3NO. The number of hydroxylamine groups is 1. The summed E-state index contributed by atoms with van der Waals surface area (Å²) < 4.78 is 37.4. The largest absolute Gasteiger partial charge is 0.316 e. The molecule has 0 bridgehead atoms. The fraction of sp³-hybridized carbons (Fsp3) is 0.143. The maximum absolute atomic E-state index is 12.7. The highest BCUT2D eigenvalue weighted by Crippen LogP contribution is 2.12. The predicted molar refractivity (Wildman–Crippen MR) is 34.9 cm³/mol. The molecule has 0 amide bonds. The number of nitrogens with one attached hydrogen (secondary N) is 1. The van der Waals surface area contributed by atoms with E-state index in [1.54, 1.807) is 5.48 Å². The number of rotatable bonds is 2. The number of hydrogen-bond acceptors (Lipinski definition) is 2. The molecule has 1 rings (SSSR count). The number of hydrogen-bond donors (Lipinski definition) is 2. The molecule has 0 fully saturated rings. The molecule has 0 saturated carbocycles. The molecule has 1 aromatic carbocycles. The number of benzene rings is 1. The van der Waals surface area contributed by atoms with Crippen LogP contribution in [-0.4, -0.2) is 5.21 Å². The molecular weight excluding hydrogens is 171 g/mol. The van der Waals surface area contributed by atoms with Crippen molar-refractivity contribution in [1.82, 2.24) is 5.48 Å². The summed E-state index contributed by atoms with van der Waals surface area (Å²) in [4.78, 5) is 0. The van der Waals surface area contributed by atoms with E-state index in [-0.39, 0.29) is 12.1 Å². The van der Waals surface area contributed by atoms with Crippen molar-refractivity contribution in [1.29, 1.82) is 0 Å². The summed E-state index contributed by atoms with van der Waals surface area (Å²) in [6, 6.07) is 1.12. The van der Waals surface area contributed by atoms with Crippen LogP contribution in [0, 0.1) is 17.5 Å². The quantitative estimate of drug-likeness (QED) is 0.531. The Balaban J connectivity index is 3.05. The molecule has 66 valence electrons. The highest BCUT2D eigenvalue weighted by molar-refractivity contribution is 5.19. The molecule has 0 aromatic heterocycles. The van der Waals surface area contributed by atoms with E-state index < -0.39 is 17.5 Å². The maximum Gasteiger partial charge on any atom is 0.161 e. The average Bonchev–Trinajstić information content (AvgIpc) is 2.01. The Morgan fingerprint density at radius 3 is 2.25 bits per heavy atom. The standard InChI is InChI=1S/C7H6F3NO/c8-5-2-7(10)6(9)1-4(5)3-11-12/h1-2,11-12H,3H2. The van der Waals surface area contributed by atoms with Crippen molar-refractivity contribution in [3.05, 3.63) is 35.1 Å². The molecule has 0 atom stereocenters. The summed E-state index contributed by atoms with van der Waals surface area (Å²) in [5.74, 6) is -3.27. The Labute approximate surface area is 66.6 Å². The minimum absolute atomic E-state index is 0.128. The van der Waals surface area contributed by atoms with Gasteiger partial charge in [0.05, 0.1) is 0 Å². The van der Waals surface area contributed by atoms with Crippen molar-refractivity contribution >= 4 is 0 Å². The van der Waals surface area contributed by atoms with Crippen LogP contribution in [0.3, 0.4) is 0 Å². The second kappa shape index (κ2) is 3.55. The Morgan fingerprint density at radius 1 is 1.08 bits per heavy atom. The summed E-state index contributed by atoms with van der Waals surface area (Å²) >= 11 is 0. The first-order chi connectivity index (χ1) is 5.65.